The normalized spacial score (nSPS) is 16.1. The van der Waals surface area contributed by atoms with E-state index in [9.17, 15) is 4.79 Å². The van der Waals surface area contributed by atoms with E-state index in [0.717, 1.165) is 22.0 Å². The Labute approximate surface area is 99.0 Å². The number of hydrogen-bond donors (Lipinski definition) is 0. The number of ketones is 1. The number of carbonyl (C=O) groups excluding carboxylic acids is 1. The molecular weight excluding hydrogens is 252 g/mol. The van der Waals surface area contributed by atoms with E-state index in [1.807, 2.05) is 25.1 Å². The van der Waals surface area contributed by atoms with Crippen molar-refractivity contribution in [3.63, 3.8) is 0 Å². The molecule has 0 atom stereocenters. The van der Waals surface area contributed by atoms with Gasteiger partial charge in [0.05, 0.1) is 0 Å². The number of hydrogen-bond acceptors (Lipinski definition) is 1. The monoisotopic (exact) mass is 266 g/mol. The molecule has 0 aromatic heterocycles. The van der Waals surface area contributed by atoms with Gasteiger partial charge >= 0.3 is 0 Å². The molecule has 80 valence electrons. The molecule has 15 heavy (non-hydrogen) atoms. The molecule has 2 rings (SSSR count). The molecule has 1 saturated carbocycles. The maximum Gasteiger partial charge on any atom is 0.163 e. The summed E-state index contributed by atoms with van der Waals surface area (Å²) in [5.41, 5.74) is 1.97. The number of benzene rings is 1. The van der Waals surface area contributed by atoms with Crippen molar-refractivity contribution in [1.82, 2.24) is 0 Å². The number of carbonyl (C=O) groups is 1. The molecule has 1 aliphatic rings. The molecule has 0 saturated heterocycles. The van der Waals surface area contributed by atoms with Crippen molar-refractivity contribution in [3.05, 3.63) is 33.8 Å². The van der Waals surface area contributed by atoms with Crippen LogP contribution in [0.4, 0.5) is 0 Å². The summed E-state index contributed by atoms with van der Waals surface area (Å²) in [6, 6.07) is 5.92. The van der Waals surface area contributed by atoms with Gasteiger partial charge in [0.1, 0.15) is 0 Å². The summed E-state index contributed by atoms with van der Waals surface area (Å²) in [6.07, 6.45) is 4.50. The van der Waals surface area contributed by atoms with Gasteiger partial charge in [-0.1, -0.05) is 41.3 Å². The predicted molar refractivity (Wildman–Crippen MR) is 65.2 cm³/mol. The lowest BCUT2D eigenvalue weighted by molar-refractivity contribution is 0.0936. The van der Waals surface area contributed by atoms with Crippen molar-refractivity contribution >= 4 is 21.7 Å². The number of aryl methyl sites for hydroxylation is 1. The predicted octanol–water partition coefficient (Wildman–Crippen LogP) is 4.13. The van der Waals surface area contributed by atoms with Gasteiger partial charge in [-0.2, -0.15) is 0 Å². The van der Waals surface area contributed by atoms with Gasteiger partial charge in [-0.05, 0) is 30.5 Å². The lowest BCUT2D eigenvalue weighted by atomic mass is 9.80. The summed E-state index contributed by atoms with van der Waals surface area (Å²) in [5, 5.41) is 0. The van der Waals surface area contributed by atoms with E-state index in [2.05, 4.69) is 15.9 Å². The summed E-state index contributed by atoms with van der Waals surface area (Å²) >= 11 is 3.41. The van der Waals surface area contributed by atoms with E-state index in [0.29, 0.717) is 11.7 Å². The van der Waals surface area contributed by atoms with Crippen LogP contribution >= 0.6 is 15.9 Å². The minimum absolute atomic E-state index is 0.304. The van der Waals surface area contributed by atoms with E-state index < -0.39 is 0 Å². The van der Waals surface area contributed by atoms with Crippen LogP contribution < -0.4 is 0 Å². The maximum atomic E-state index is 12.0. The van der Waals surface area contributed by atoms with Crippen LogP contribution in [0, 0.1) is 12.8 Å². The third-order valence-electron chi connectivity index (χ3n) is 3.20. The SMILES string of the molecule is Cc1ccc(Br)cc1C(=O)CC1CCC1. The topological polar surface area (TPSA) is 17.1 Å². The smallest absolute Gasteiger partial charge is 0.163 e. The van der Waals surface area contributed by atoms with E-state index in [1.165, 1.54) is 19.3 Å². The Morgan fingerprint density at radius 3 is 2.80 bits per heavy atom. The van der Waals surface area contributed by atoms with Crippen molar-refractivity contribution < 1.29 is 4.79 Å². The van der Waals surface area contributed by atoms with E-state index in [-0.39, 0.29) is 0 Å². The third kappa shape index (κ3) is 2.49. The summed E-state index contributed by atoms with van der Waals surface area (Å²) in [6.45, 7) is 2.00. The zero-order valence-corrected chi connectivity index (χ0v) is 10.5. The molecule has 0 unspecified atom stereocenters. The van der Waals surface area contributed by atoms with E-state index >= 15 is 0 Å². The molecule has 0 N–H and O–H groups in total. The standard InChI is InChI=1S/C13H15BrO/c1-9-5-6-11(14)8-12(9)13(15)7-10-3-2-4-10/h5-6,8,10H,2-4,7H2,1H3. The van der Waals surface area contributed by atoms with Gasteiger partial charge in [-0.25, -0.2) is 0 Å². The molecule has 1 aliphatic carbocycles. The van der Waals surface area contributed by atoms with Gasteiger partial charge in [-0.15, -0.1) is 0 Å². The number of halogens is 1. The quantitative estimate of drug-likeness (QED) is 0.752. The molecule has 1 nitrogen and oxygen atoms in total. The van der Waals surface area contributed by atoms with Gasteiger partial charge in [-0.3, -0.25) is 4.79 Å². The second-order valence-corrected chi connectivity index (χ2v) is 5.30. The van der Waals surface area contributed by atoms with Crippen LogP contribution in [0.5, 0.6) is 0 Å². The Hall–Kier alpha value is -0.630. The van der Waals surface area contributed by atoms with Crippen LogP contribution in [0.1, 0.15) is 41.6 Å². The van der Waals surface area contributed by atoms with Crippen LogP contribution in [0.25, 0.3) is 0 Å². The van der Waals surface area contributed by atoms with Crippen LogP contribution in [-0.2, 0) is 0 Å². The summed E-state index contributed by atoms with van der Waals surface area (Å²) < 4.78 is 0.991. The largest absolute Gasteiger partial charge is 0.294 e. The molecule has 0 heterocycles. The van der Waals surface area contributed by atoms with E-state index in [4.69, 9.17) is 0 Å². The Kier molecular flexibility index (Phi) is 3.25. The van der Waals surface area contributed by atoms with Crippen molar-refractivity contribution in [1.29, 1.82) is 0 Å². The Morgan fingerprint density at radius 2 is 2.20 bits per heavy atom. The molecular formula is C13H15BrO. The highest BCUT2D eigenvalue weighted by molar-refractivity contribution is 9.10. The Morgan fingerprint density at radius 1 is 1.47 bits per heavy atom. The highest BCUT2D eigenvalue weighted by Gasteiger charge is 2.22. The molecule has 0 radical (unpaired) electrons. The second kappa shape index (κ2) is 4.48. The first-order valence-corrected chi connectivity index (χ1v) is 6.25. The van der Waals surface area contributed by atoms with Gasteiger partial charge < -0.3 is 0 Å². The highest BCUT2D eigenvalue weighted by Crippen LogP contribution is 2.31. The van der Waals surface area contributed by atoms with Crippen LogP contribution in [0.15, 0.2) is 22.7 Å². The highest BCUT2D eigenvalue weighted by atomic mass is 79.9. The molecule has 0 amide bonds. The average molecular weight is 267 g/mol. The lowest BCUT2D eigenvalue weighted by Crippen LogP contribution is -2.16. The zero-order valence-electron chi connectivity index (χ0n) is 8.92. The Bertz CT molecular complexity index is 380. The van der Waals surface area contributed by atoms with Crippen molar-refractivity contribution in [2.45, 2.75) is 32.6 Å². The fourth-order valence-corrected chi connectivity index (χ4v) is 2.32. The fraction of sp³-hybridized carbons (Fsp3) is 0.462. The first-order chi connectivity index (χ1) is 7.16. The van der Waals surface area contributed by atoms with Crippen molar-refractivity contribution in [2.24, 2.45) is 5.92 Å². The van der Waals surface area contributed by atoms with Gasteiger partial charge in [0.2, 0.25) is 0 Å². The van der Waals surface area contributed by atoms with Gasteiger partial charge in [0.25, 0.3) is 0 Å². The first kappa shape index (κ1) is 10.9. The Balaban J connectivity index is 2.12. The van der Waals surface area contributed by atoms with Crippen LogP contribution in [0.3, 0.4) is 0 Å². The maximum absolute atomic E-state index is 12.0. The molecule has 1 aromatic rings. The summed E-state index contributed by atoms with van der Waals surface area (Å²) in [5.74, 6) is 0.953. The summed E-state index contributed by atoms with van der Waals surface area (Å²) in [7, 11) is 0. The second-order valence-electron chi connectivity index (χ2n) is 4.38. The molecule has 0 aliphatic heterocycles. The van der Waals surface area contributed by atoms with E-state index in [1.54, 1.807) is 0 Å². The molecule has 1 fully saturated rings. The minimum Gasteiger partial charge on any atom is -0.294 e. The zero-order chi connectivity index (χ0) is 10.8. The number of Topliss-reactive ketones (excluding diaryl/α,β-unsaturated/α-hetero) is 1. The minimum atomic E-state index is 0.304. The molecule has 2 heteroatoms. The van der Waals surface area contributed by atoms with Crippen LogP contribution in [-0.4, -0.2) is 5.78 Å². The summed E-state index contributed by atoms with van der Waals surface area (Å²) in [4.78, 5) is 12.0. The fourth-order valence-electron chi connectivity index (χ4n) is 1.96. The molecule has 0 spiro atoms. The van der Waals surface area contributed by atoms with Crippen LogP contribution in [0.2, 0.25) is 0 Å². The van der Waals surface area contributed by atoms with Gasteiger partial charge in [0.15, 0.2) is 5.78 Å². The average Bonchev–Trinajstić information content (AvgIpc) is 2.15. The third-order valence-corrected chi connectivity index (χ3v) is 3.69. The molecule has 0 bridgehead atoms. The van der Waals surface area contributed by atoms with Crippen molar-refractivity contribution in [2.75, 3.05) is 0 Å². The molecule has 1 aromatic carbocycles. The van der Waals surface area contributed by atoms with Crippen molar-refractivity contribution in [3.8, 4) is 0 Å². The first-order valence-electron chi connectivity index (χ1n) is 5.46. The number of rotatable bonds is 3. The van der Waals surface area contributed by atoms with Gasteiger partial charge in [0, 0.05) is 16.5 Å². The lowest BCUT2D eigenvalue weighted by Gasteiger charge is -2.24.